The summed E-state index contributed by atoms with van der Waals surface area (Å²) in [6, 6.07) is 16.3. The molecule has 348 valence electrons. The van der Waals surface area contributed by atoms with Crippen molar-refractivity contribution in [1.82, 2.24) is 16.0 Å². The van der Waals surface area contributed by atoms with E-state index in [1.54, 1.807) is 20.1 Å². The third-order valence-electron chi connectivity index (χ3n) is 14.2. The number of aryl methyl sites for hydroxylation is 1. The maximum atomic E-state index is 11.4. The summed E-state index contributed by atoms with van der Waals surface area (Å²) in [5, 5.41) is 65.7. The first-order chi connectivity index (χ1) is 31.7. The van der Waals surface area contributed by atoms with Crippen molar-refractivity contribution in [2.45, 2.75) is 120 Å². The summed E-state index contributed by atoms with van der Waals surface area (Å²) < 4.78 is 27.5. The smallest absolute Gasteiger partial charge is 0.161 e. The molecule has 65 heavy (non-hydrogen) atoms. The molecule has 0 amide bonds. The molecule has 1 saturated carbocycles. The number of aliphatic hydroxyl groups excluding tert-OH is 3. The molecule has 0 radical (unpaired) electrons. The highest BCUT2D eigenvalue weighted by Crippen LogP contribution is 2.58. The van der Waals surface area contributed by atoms with E-state index in [2.05, 4.69) is 45.2 Å². The molecule has 3 heterocycles. The summed E-state index contributed by atoms with van der Waals surface area (Å²) >= 11 is 0. The van der Waals surface area contributed by atoms with Crippen LogP contribution in [-0.2, 0) is 36.8 Å². The van der Waals surface area contributed by atoms with Crippen LogP contribution in [0, 0.1) is 0 Å². The van der Waals surface area contributed by atoms with Gasteiger partial charge in [-0.1, -0.05) is 37.5 Å². The molecule has 13 nitrogen and oxygen atoms in total. The van der Waals surface area contributed by atoms with E-state index in [4.69, 9.17) is 18.9 Å². The summed E-state index contributed by atoms with van der Waals surface area (Å²) in [6.07, 6.45) is 10.3. The van der Waals surface area contributed by atoms with E-state index >= 15 is 0 Å². The molecule has 8 N–H and O–H groups in total. The summed E-state index contributed by atoms with van der Waals surface area (Å²) in [4.78, 5) is 4.63. The molecular formula is C52H66N4O9. The third kappa shape index (κ3) is 9.47. The van der Waals surface area contributed by atoms with Crippen molar-refractivity contribution in [3.05, 3.63) is 98.1 Å². The van der Waals surface area contributed by atoms with E-state index in [-0.39, 0.29) is 37.4 Å². The molecule has 13 heteroatoms. The molecule has 4 aromatic carbocycles. The molecule has 3 aliphatic heterocycles. The van der Waals surface area contributed by atoms with Crippen molar-refractivity contribution in [2.24, 2.45) is 4.99 Å². The number of ether oxygens (including phenoxy) is 4. The zero-order valence-electron chi connectivity index (χ0n) is 37.8. The Morgan fingerprint density at radius 2 is 1.80 bits per heavy atom. The molecule has 4 aromatic rings. The first-order valence-corrected chi connectivity index (χ1v) is 23.8. The number of fused-ring (bicyclic) bond motifs is 9. The van der Waals surface area contributed by atoms with Crippen molar-refractivity contribution < 1.29 is 44.5 Å². The Labute approximate surface area is 381 Å². The van der Waals surface area contributed by atoms with Gasteiger partial charge in [0.1, 0.15) is 29.0 Å². The van der Waals surface area contributed by atoms with Gasteiger partial charge in [-0.25, -0.2) is 0 Å². The van der Waals surface area contributed by atoms with Crippen LogP contribution in [0.1, 0.15) is 103 Å². The van der Waals surface area contributed by atoms with E-state index in [1.807, 2.05) is 24.3 Å². The summed E-state index contributed by atoms with van der Waals surface area (Å²) in [7, 11) is 1.54. The highest BCUT2D eigenvalue weighted by molar-refractivity contribution is 5.85. The van der Waals surface area contributed by atoms with Gasteiger partial charge < -0.3 is 55.1 Å². The number of nitrogens with zero attached hydrogens (tertiary/aromatic N) is 1. The summed E-state index contributed by atoms with van der Waals surface area (Å²) in [6.45, 7) is 3.77. The van der Waals surface area contributed by atoms with E-state index < -0.39 is 23.9 Å². The fourth-order valence-electron chi connectivity index (χ4n) is 11.0. The molecule has 0 unspecified atom stereocenters. The molecule has 0 saturated heterocycles. The van der Waals surface area contributed by atoms with Gasteiger partial charge >= 0.3 is 0 Å². The lowest BCUT2D eigenvalue weighted by molar-refractivity contribution is -0.132. The van der Waals surface area contributed by atoms with Gasteiger partial charge in [-0.15, -0.1) is 0 Å². The van der Waals surface area contributed by atoms with Crippen LogP contribution in [0.3, 0.4) is 0 Å². The standard InChI is InChI=1S/C52H66N4O9/c1-31(59)26-53-29-54-28-52(63-30-56-37-8-4-3-5-9-37)25-44-43-22-35(20-32-10-15-45-33(19-32)16-17-55-45)42-24-38(60)11-13-40(42)47(43)50-41(14-12-39(27-58)64-50)49(44)65-51(52)36-21-34(7-6-18-57)48(61)46(23-36)62-2/h10-11,13,15-16,19,21,23-24,31,35,37,39,51,53-54,56-61H,3-9,12,14,17-18,20,22,25-30H2,1-2H3/t31-,35+,39+,51+,52-/m0/s1. The zero-order chi connectivity index (χ0) is 45.1. The molecule has 0 aromatic heterocycles. The van der Waals surface area contributed by atoms with Crippen molar-refractivity contribution in [1.29, 1.82) is 0 Å². The van der Waals surface area contributed by atoms with Gasteiger partial charge in [0.25, 0.3) is 0 Å². The molecule has 9 rings (SSSR count). The number of phenolic OH excluding ortho intramolecular Hbond substituents is 2. The molecular weight excluding hydrogens is 825 g/mol. The van der Waals surface area contributed by atoms with Crippen molar-refractivity contribution in [3.63, 3.8) is 0 Å². The van der Waals surface area contributed by atoms with Crippen molar-refractivity contribution in [3.8, 4) is 39.9 Å². The number of rotatable bonds is 18. The van der Waals surface area contributed by atoms with E-state index in [1.165, 1.54) is 24.8 Å². The van der Waals surface area contributed by atoms with Gasteiger partial charge in [-0.3, -0.25) is 10.3 Å². The van der Waals surface area contributed by atoms with E-state index in [0.717, 1.165) is 74.5 Å². The lowest BCUT2D eigenvalue weighted by atomic mass is 9.70. The number of methoxy groups -OCH3 is 1. The topological polar surface area (TPSA) is 187 Å². The molecule has 2 aliphatic carbocycles. The van der Waals surface area contributed by atoms with E-state index in [9.17, 15) is 25.5 Å². The van der Waals surface area contributed by atoms with Crippen LogP contribution in [-0.4, -0.2) is 103 Å². The number of hydrogen-bond acceptors (Lipinski definition) is 13. The highest BCUT2D eigenvalue weighted by Gasteiger charge is 2.50. The fourth-order valence-corrected chi connectivity index (χ4v) is 11.0. The number of benzene rings is 4. The predicted molar refractivity (Wildman–Crippen MR) is 248 cm³/mol. The second-order valence-electron chi connectivity index (χ2n) is 18.8. The fraction of sp³-hybridized carbons (Fsp3) is 0.519. The minimum atomic E-state index is -1.02. The summed E-state index contributed by atoms with van der Waals surface area (Å²) in [5.41, 5.74) is 7.71. The SMILES string of the molecule is COc1cc([C@H]2Oc3c(c4c(c5c3CC[C@H](CO)O5)-c3ccc(O)cc3[C@H](Cc3ccc5c(c3)=CCN=5)C4)C[C@@]2(CNCNC[C@H](C)O)OCNC2CCCCC2)cc(CCCO)c1O. The molecule has 1 fully saturated rings. The zero-order valence-corrected chi connectivity index (χ0v) is 37.8. The Morgan fingerprint density at radius 1 is 0.938 bits per heavy atom. The third-order valence-corrected chi connectivity index (χ3v) is 14.2. The molecule has 5 aliphatic rings. The van der Waals surface area contributed by atoms with Crippen molar-refractivity contribution >= 4 is 6.08 Å². The van der Waals surface area contributed by atoms with Crippen molar-refractivity contribution in [2.75, 3.05) is 53.4 Å². The Balaban J connectivity index is 1.22. The van der Waals surface area contributed by atoms with Gasteiger partial charge in [0.15, 0.2) is 17.6 Å². The molecule has 5 atom stereocenters. The monoisotopic (exact) mass is 890 g/mol. The van der Waals surface area contributed by atoms with Gasteiger partial charge in [0, 0.05) is 55.5 Å². The average Bonchev–Trinajstić information content (AvgIpc) is 3.79. The number of aliphatic hydroxyl groups is 3. The van der Waals surface area contributed by atoms with Crippen LogP contribution >= 0.6 is 0 Å². The number of phenols is 2. The average molecular weight is 891 g/mol. The Bertz CT molecular complexity index is 2470. The minimum absolute atomic E-state index is 0.000352. The van der Waals surface area contributed by atoms with Crippen LogP contribution in [0.15, 0.2) is 53.5 Å². The van der Waals surface area contributed by atoms with Gasteiger partial charge in [0.05, 0.1) is 38.5 Å². The van der Waals surface area contributed by atoms with Gasteiger partial charge in [-0.05, 0) is 139 Å². The van der Waals surface area contributed by atoms with Gasteiger partial charge in [-0.2, -0.15) is 0 Å². The Hall–Kier alpha value is -4.73. The largest absolute Gasteiger partial charge is 0.508 e. The predicted octanol–water partition coefficient (Wildman–Crippen LogP) is 4.51. The van der Waals surface area contributed by atoms with Crippen LogP contribution in [0.25, 0.3) is 17.2 Å². The molecule has 0 spiro atoms. The van der Waals surface area contributed by atoms with Crippen LogP contribution in [0.5, 0.6) is 28.7 Å². The number of nitrogens with one attached hydrogen (secondary N) is 3. The van der Waals surface area contributed by atoms with Gasteiger partial charge in [0.2, 0.25) is 0 Å². The Kier molecular flexibility index (Phi) is 14.0. The highest BCUT2D eigenvalue weighted by atomic mass is 16.6. The van der Waals surface area contributed by atoms with E-state index in [0.29, 0.717) is 87.9 Å². The van der Waals surface area contributed by atoms with Crippen LogP contribution < -0.4 is 40.7 Å². The lowest BCUT2D eigenvalue weighted by Crippen LogP contribution is -2.56. The van der Waals surface area contributed by atoms with Crippen LogP contribution in [0.4, 0.5) is 0 Å². The first-order valence-electron chi connectivity index (χ1n) is 23.8. The molecule has 0 bridgehead atoms. The minimum Gasteiger partial charge on any atom is -0.508 e. The quantitative estimate of drug-likeness (QED) is 0.0518. The first kappa shape index (κ1) is 45.4. The maximum absolute atomic E-state index is 11.4. The number of hydrogen-bond donors (Lipinski definition) is 8. The normalized spacial score (nSPS) is 22.5. The summed E-state index contributed by atoms with van der Waals surface area (Å²) in [5.74, 6) is 2.02. The second-order valence-corrected chi connectivity index (χ2v) is 18.8. The maximum Gasteiger partial charge on any atom is 0.161 e. The lowest BCUT2D eigenvalue weighted by Gasteiger charge is -2.48. The second kappa shape index (κ2) is 20.0. The number of aromatic hydroxyl groups is 2. The Morgan fingerprint density at radius 3 is 2.60 bits per heavy atom. The van der Waals surface area contributed by atoms with Crippen LogP contribution in [0.2, 0.25) is 0 Å².